The van der Waals surface area contributed by atoms with Crippen LogP contribution in [0.15, 0.2) is 24.3 Å². The van der Waals surface area contributed by atoms with Gasteiger partial charge < -0.3 is 10.6 Å². The van der Waals surface area contributed by atoms with Gasteiger partial charge in [-0.05, 0) is 42.9 Å². The number of anilines is 1. The molecule has 0 aliphatic heterocycles. The smallest absolute Gasteiger partial charge is 0.0363 e. The van der Waals surface area contributed by atoms with Crippen LogP contribution < -0.4 is 10.6 Å². The van der Waals surface area contributed by atoms with Gasteiger partial charge in [0.15, 0.2) is 0 Å². The van der Waals surface area contributed by atoms with Crippen molar-refractivity contribution in [2.45, 2.75) is 51.5 Å². The second-order valence-corrected chi connectivity index (χ2v) is 5.99. The number of rotatable bonds is 5. The van der Waals surface area contributed by atoms with Crippen LogP contribution in [-0.4, -0.2) is 13.6 Å². The van der Waals surface area contributed by atoms with Gasteiger partial charge in [-0.15, -0.1) is 0 Å². The zero-order valence-corrected chi connectivity index (χ0v) is 12.4. The molecule has 1 atom stereocenters. The van der Waals surface area contributed by atoms with Crippen molar-refractivity contribution < 1.29 is 0 Å². The minimum atomic E-state index is 0.178. The van der Waals surface area contributed by atoms with Crippen LogP contribution in [0, 0.1) is 5.92 Å². The molecule has 1 aromatic rings. The molecule has 1 aliphatic rings. The Bertz CT molecular complexity index is 365. The van der Waals surface area contributed by atoms with Crippen LogP contribution >= 0.6 is 0 Å². The molecule has 1 saturated carbocycles. The van der Waals surface area contributed by atoms with Gasteiger partial charge in [0.05, 0.1) is 0 Å². The van der Waals surface area contributed by atoms with Crippen molar-refractivity contribution in [3.8, 4) is 0 Å². The van der Waals surface area contributed by atoms with E-state index in [0.717, 1.165) is 12.3 Å². The average molecular weight is 260 g/mol. The Kier molecular flexibility index (Phi) is 5.26. The largest absolute Gasteiger partial charge is 0.374 e. The van der Waals surface area contributed by atoms with Gasteiger partial charge in [0, 0.05) is 25.3 Å². The minimum Gasteiger partial charge on any atom is -0.374 e. The molecule has 0 unspecified atom stereocenters. The van der Waals surface area contributed by atoms with Crippen LogP contribution in [0.25, 0.3) is 0 Å². The molecule has 1 aromatic carbocycles. The third kappa shape index (κ3) is 3.97. The lowest BCUT2D eigenvalue weighted by molar-refractivity contribution is 0.362. The van der Waals surface area contributed by atoms with Gasteiger partial charge in [-0.1, -0.05) is 38.3 Å². The van der Waals surface area contributed by atoms with Gasteiger partial charge in [0.25, 0.3) is 0 Å². The molecule has 2 heteroatoms. The first-order valence-corrected chi connectivity index (χ1v) is 7.77. The zero-order valence-electron chi connectivity index (χ0n) is 12.4. The number of hydrogen-bond acceptors (Lipinski definition) is 2. The summed E-state index contributed by atoms with van der Waals surface area (Å²) >= 11 is 0. The van der Waals surface area contributed by atoms with Crippen molar-refractivity contribution in [2.75, 3.05) is 18.5 Å². The normalized spacial score (nSPS) is 18.3. The van der Waals surface area contributed by atoms with E-state index in [2.05, 4.69) is 43.1 Å². The van der Waals surface area contributed by atoms with Gasteiger partial charge in [-0.2, -0.15) is 0 Å². The highest BCUT2D eigenvalue weighted by Crippen LogP contribution is 2.26. The molecular weight excluding hydrogens is 232 g/mol. The van der Waals surface area contributed by atoms with Crippen molar-refractivity contribution in [3.05, 3.63) is 29.8 Å². The molecule has 0 bridgehead atoms. The maximum atomic E-state index is 6.06. The molecule has 0 saturated heterocycles. The molecule has 2 N–H and O–H groups in total. The molecule has 2 nitrogen and oxygen atoms in total. The minimum absolute atomic E-state index is 0.178. The monoisotopic (exact) mass is 260 g/mol. The van der Waals surface area contributed by atoms with Gasteiger partial charge in [-0.25, -0.2) is 0 Å². The third-order valence-electron chi connectivity index (χ3n) is 4.46. The van der Waals surface area contributed by atoms with Gasteiger partial charge in [0.2, 0.25) is 0 Å². The van der Waals surface area contributed by atoms with E-state index in [1.807, 2.05) is 0 Å². The third-order valence-corrected chi connectivity index (χ3v) is 4.46. The lowest BCUT2D eigenvalue weighted by Crippen LogP contribution is -2.26. The SMILES string of the molecule is CC[C@@H](N)c1ccc(N(C)CC2CCCCC2)cc1. The van der Waals surface area contributed by atoms with E-state index in [9.17, 15) is 0 Å². The van der Waals surface area contributed by atoms with E-state index in [1.165, 1.54) is 49.9 Å². The Labute approximate surface area is 118 Å². The molecule has 0 amide bonds. The number of nitrogens with zero attached hydrogens (tertiary/aromatic N) is 1. The maximum Gasteiger partial charge on any atom is 0.0363 e. The fraction of sp³-hybridized carbons (Fsp3) is 0.647. The summed E-state index contributed by atoms with van der Waals surface area (Å²) in [5.74, 6) is 0.885. The van der Waals surface area contributed by atoms with Crippen LogP contribution in [0.5, 0.6) is 0 Å². The van der Waals surface area contributed by atoms with Gasteiger partial charge >= 0.3 is 0 Å². The summed E-state index contributed by atoms with van der Waals surface area (Å²) in [6, 6.07) is 8.97. The highest BCUT2D eigenvalue weighted by molar-refractivity contribution is 5.47. The average Bonchev–Trinajstić information content (AvgIpc) is 2.47. The molecular formula is C17H28N2. The van der Waals surface area contributed by atoms with E-state index in [0.29, 0.717) is 0 Å². The molecule has 0 spiro atoms. The Morgan fingerprint density at radius 2 is 1.79 bits per heavy atom. The summed E-state index contributed by atoms with van der Waals surface area (Å²) in [6.45, 7) is 3.33. The summed E-state index contributed by atoms with van der Waals surface area (Å²) < 4.78 is 0. The topological polar surface area (TPSA) is 29.3 Å². The highest BCUT2D eigenvalue weighted by atomic mass is 15.1. The standard InChI is InChI=1S/C17H28N2/c1-3-17(18)15-9-11-16(12-10-15)19(2)13-14-7-5-4-6-8-14/h9-12,14,17H,3-8,13,18H2,1-2H3/t17-/m1/s1. The van der Waals surface area contributed by atoms with E-state index in [4.69, 9.17) is 5.73 Å². The van der Waals surface area contributed by atoms with Gasteiger partial charge in [0.1, 0.15) is 0 Å². The van der Waals surface area contributed by atoms with E-state index in [-0.39, 0.29) is 6.04 Å². The second kappa shape index (κ2) is 6.95. The fourth-order valence-electron chi connectivity index (χ4n) is 3.07. The van der Waals surface area contributed by atoms with E-state index < -0.39 is 0 Å². The highest BCUT2D eigenvalue weighted by Gasteiger charge is 2.15. The number of nitrogens with two attached hydrogens (primary N) is 1. The summed E-state index contributed by atoms with van der Waals surface area (Å²) in [4.78, 5) is 2.40. The first-order chi connectivity index (χ1) is 9.20. The van der Waals surface area contributed by atoms with Crippen molar-refractivity contribution in [2.24, 2.45) is 11.7 Å². The van der Waals surface area contributed by atoms with E-state index in [1.54, 1.807) is 0 Å². The maximum absolute atomic E-state index is 6.06. The first kappa shape index (κ1) is 14.4. The molecule has 19 heavy (non-hydrogen) atoms. The van der Waals surface area contributed by atoms with Crippen molar-refractivity contribution in [1.29, 1.82) is 0 Å². The first-order valence-electron chi connectivity index (χ1n) is 7.77. The van der Waals surface area contributed by atoms with Crippen LogP contribution in [0.2, 0.25) is 0 Å². The molecule has 0 aromatic heterocycles. The Balaban J connectivity index is 1.93. The van der Waals surface area contributed by atoms with Crippen LogP contribution in [0.4, 0.5) is 5.69 Å². The number of hydrogen-bond donors (Lipinski definition) is 1. The number of benzene rings is 1. The predicted octanol–water partition coefficient (Wildman–Crippen LogP) is 4.11. The van der Waals surface area contributed by atoms with Crippen molar-refractivity contribution >= 4 is 5.69 Å². The lowest BCUT2D eigenvalue weighted by atomic mass is 9.89. The molecule has 106 valence electrons. The zero-order chi connectivity index (χ0) is 13.7. The fourth-order valence-corrected chi connectivity index (χ4v) is 3.07. The Morgan fingerprint density at radius 1 is 1.16 bits per heavy atom. The van der Waals surface area contributed by atoms with Crippen LogP contribution in [0.3, 0.4) is 0 Å². The molecule has 1 fully saturated rings. The molecule has 1 aliphatic carbocycles. The molecule has 0 radical (unpaired) electrons. The Hall–Kier alpha value is -1.02. The van der Waals surface area contributed by atoms with Crippen LogP contribution in [0.1, 0.15) is 57.1 Å². The van der Waals surface area contributed by atoms with Crippen molar-refractivity contribution in [1.82, 2.24) is 0 Å². The summed E-state index contributed by atoms with van der Waals surface area (Å²) in [5.41, 5.74) is 8.62. The lowest BCUT2D eigenvalue weighted by Gasteiger charge is -2.28. The summed E-state index contributed by atoms with van der Waals surface area (Å²) in [6.07, 6.45) is 8.08. The summed E-state index contributed by atoms with van der Waals surface area (Å²) in [5, 5.41) is 0. The quantitative estimate of drug-likeness (QED) is 0.863. The summed E-state index contributed by atoms with van der Waals surface area (Å²) in [7, 11) is 2.21. The second-order valence-electron chi connectivity index (χ2n) is 5.99. The van der Waals surface area contributed by atoms with Crippen LogP contribution in [-0.2, 0) is 0 Å². The Morgan fingerprint density at radius 3 is 2.37 bits per heavy atom. The van der Waals surface area contributed by atoms with Gasteiger partial charge in [-0.3, -0.25) is 0 Å². The molecule has 2 rings (SSSR count). The van der Waals surface area contributed by atoms with Crippen molar-refractivity contribution in [3.63, 3.8) is 0 Å². The molecule has 0 heterocycles. The van der Waals surface area contributed by atoms with E-state index >= 15 is 0 Å². The predicted molar refractivity (Wildman–Crippen MR) is 83.5 cm³/mol.